The molecule has 0 saturated carbocycles. The Morgan fingerprint density at radius 2 is 2.04 bits per heavy atom. The maximum Gasteiger partial charge on any atom is 0.328 e. The number of hydrogen-bond donors (Lipinski definition) is 2. The van der Waals surface area contributed by atoms with Crippen molar-refractivity contribution in [1.29, 1.82) is 0 Å². The molecule has 2 N–H and O–H groups in total. The lowest BCUT2D eigenvalue weighted by molar-refractivity contribution is -0.149. The molecule has 9 nitrogen and oxygen atoms in total. The van der Waals surface area contributed by atoms with Gasteiger partial charge in [0, 0.05) is 63.9 Å². The predicted octanol–water partition coefficient (Wildman–Crippen LogP) is -0.572. The smallest absolute Gasteiger partial charge is 0.328 e. The number of carboxylic acid groups (broad SMARTS) is 1. The Morgan fingerprint density at radius 1 is 1.30 bits per heavy atom. The number of carbonyl (C=O) groups is 2. The van der Waals surface area contributed by atoms with Crippen LogP contribution in [0.3, 0.4) is 0 Å². The highest BCUT2D eigenvalue weighted by Crippen LogP contribution is 2.43. The van der Waals surface area contributed by atoms with Crippen LogP contribution in [0.5, 0.6) is 0 Å². The highest BCUT2D eigenvalue weighted by atomic mass is 16.4. The Morgan fingerprint density at radius 3 is 2.63 bits per heavy atom. The van der Waals surface area contributed by atoms with Crippen LogP contribution in [0.2, 0.25) is 0 Å². The van der Waals surface area contributed by atoms with Crippen molar-refractivity contribution in [3.63, 3.8) is 0 Å². The van der Waals surface area contributed by atoms with Crippen molar-refractivity contribution < 1.29 is 14.7 Å². The molecule has 0 unspecified atom stereocenters. The Hall–Kier alpha value is -2.42. The first-order valence-electron chi connectivity index (χ1n) is 9.24. The van der Waals surface area contributed by atoms with E-state index in [1.165, 1.54) is 16.8 Å². The third kappa shape index (κ3) is 3.83. The Balaban J connectivity index is 1.64. The fourth-order valence-corrected chi connectivity index (χ4v) is 4.31. The van der Waals surface area contributed by atoms with Gasteiger partial charge in [-0.2, -0.15) is 0 Å². The first-order valence-corrected chi connectivity index (χ1v) is 9.24. The third-order valence-electron chi connectivity index (χ3n) is 5.54. The van der Waals surface area contributed by atoms with Gasteiger partial charge in [-0.05, 0) is 5.92 Å². The number of aryl methyl sites for hydroxylation is 1. The highest BCUT2D eigenvalue weighted by molar-refractivity contribution is 5.81. The second-order valence-electron chi connectivity index (χ2n) is 8.07. The first-order chi connectivity index (χ1) is 12.7. The lowest BCUT2D eigenvalue weighted by atomic mass is 9.81. The van der Waals surface area contributed by atoms with Crippen molar-refractivity contribution in [2.24, 2.45) is 17.3 Å². The van der Waals surface area contributed by atoms with Crippen molar-refractivity contribution in [3.8, 4) is 0 Å². The van der Waals surface area contributed by atoms with Crippen molar-refractivity contribution in [1.82, 2.24) is 19.4 Å². The summed E-state index contributed by atoms with van der Waals surface area (Å²) in [5.74, 6) is -0.624. The fraction of sp³-hybridized carbons (Fsp3) is 0.667. The lowest BCUT2D eigenvalue weighted by Crippen LogP contribution is -2.42. The van der Waals surface area contributed by atoms with E-state index >= 15 is 0 Å². The molecule has 3 heterocycles. The SMILES string of the molecule is CC(C)CN1C[C@H]2CN(C(=O)CCn3ccc(=O)[nH]c3=O)C[C@@]2(C(=O)O)C1. The minimum atomic E-state index is -0.903. The van der Waals surface area contributed by atoms with E-state index in [1.807, 2.05) is 0 Å². The Labute approximate surface area is 156 Å². The van der Waals surface area contributed by atoms with E-state index in [-0.39, 0.29) is 31.3 Å². The summed E-state index contributed by atoms with van der Waals surface area (Å²) in [6, 6.07) is 1.23. The molecule has 1 aromatic heterocycles. The average molecular weight is 378 g/mol. The quantitative estimate of drug-likeness (QED) is 0.685. The number of rotatable bonds is 6. The molecular formula is C18H26N4O5. The number of aromatic amines is 1. The molecule has 0 bridgehead atoms. The molecule has 0 aromatic carbocycles. The zero-order chi connectivity index (χ0) is 19.8. The Bertz CT molecular complexity index is 845. The van der Waals surface area contributed by atoms with Crippen molar-refractivity contribution in [2.75, 3.05) is 32.7 Å². The second kappa shape index (κ2) is 7.30. The highest BCUT2D eigenvalue weighted by Gasteiger charge is 2.58. The van der Waals surface area contributed by atoms with Gasteiger partial charge in [0.15, 0.2) is 0 Å². The maximum absolute atomic E-state index is 12.6. The molecule has 9 heteroatoms. The molecule has 1 amide bonds. The molecular weight excluding hydrogens is 352 g/mol. The van der Waals surface area contributed by atoms with Crippen LogP contribution < -0.4 is 11.2 Å². The van der Waals surface area contributed by atoms with Crippen LogP contribution in [0, 0.1) is 17.3 Å². The van der Waals surface area contributed by atoms with Crippen molar-refractivity contribution in [3.05, 3.63) is 33.1 Å². The fourth-order valence-electron chi connectivity index (χ4n) is 4.31. The number of nitrogens with zero attached hydrogens (tertiary/aromatic N) is 3. The van der Waals surface area contributed by atoms with E-state index in [0.717, 1.165) is 6.54 Å². The van der Waals surface area contributed by atoms with Gasteiger partial charge in [-0.3, -0.25) is 19.4 Å². The van der Waals surface area contributed by atoms with Crippen LogP contribution in [-0.2, 0) is 16.1 Å². The number of aliphatic carboxylic acids is 1. The molecule has 1 aromatic rings. The average Bonchev–Trinajstić information content (AvgIpc) is 3.08. The predicted molar refractivity (Wildman–Crippen MR) is 97.4 cm³/mol. The van der Waals surface area contributed by atoms with Gasteiger partial charge in [0.05, 0.1) is 0 Å². The van der Waals surface area contributed by atoms with Crippen LogP contribution in [-0.4, -0.2) is 69.1 Å². The summed E-state index contributed by atoms with van der Waals surface area (Å²) in [7, 11) is 0. The number of H-pyrrole nitrogens is 1. The van der Waals surface area contributed by atoms with Crippen molar-refractivity contribution in [2.45, 2.75) is 26.8 Å². The van der Waals surface area contributed by atoms with Crippen LogP contribution in [0.15, 0.2) is 21.9 Å². The number of amides is 1. The molecule has 2 aliphatic heterocycles. The van der Waals surface area contributed by atoms with Gasteiger partial charge in [0.2, 0.25) is 5.91 Å². The van der Waals surface area contributed by atoms with Crippen molar-refractivity contribution >= 4 is 11.9 Å². The maximum atomic E-state index is 12.6. The largest absolute Gasteiger partial charge is 0.481 e. The Kier molecular flexibility index (Phi) is 5.23. The van der Waals surface area contributed by atoms with E-state index in [2.05, 4.69) is 23.7 Å². The first kappa shape index (κ1) is 19.3. The van der Waals surface area contributed by atoms with E-state index in [0.29, 0.717) is 25.6 Å². The molecule has 2 saturated heterocycles. The van der Waals surface area contributed by atoms with Crippen LogP contribution >= 0.6 is 0 Å². The molecule has 148 valence electrons. The van der Waals surface area contributed by atoms with Gasteiger partial charge in [-0.25, -0.2) is 4.79 Å². The molecule has 2 aliphatic rings. The molecule has 2 fully saturated rings. The van der Waals surface area contributed by atoms with Gasteiger partial charge in [-0.15, -0.1) is 0 Å². The number of nitrogens with one attached hydrogen (secondary N) is 1. The topological polar surface area (TPSA) is 116 Å². The third-order valence-corrected chi connectivity index (χ3v) is 5.54. The summed E-state index contributed by atoms with van der Waals surface area (Å²) >= 11 is 0. The number of aromatic nitrogens is 2. The molecule has 27 heavy (non-hydrogen) atoms. The number of carbonyl (C=O) groups excluding carboxylic acids is 1. The van der Waals surface area contributed by atoms with Gasteiger partial charge in [0.25, 0.3) is 5.56 Å². The van der Waals surface area contributed by atoms with Crippen LogP contribution in [0.4, 0.5) is 0 Å². The van der Waals surface area contributed by atoms with Gasteiger partial charge in [0.1, 0.15) is 5.41 Å². The number of carboxylic acids is 1. The molecule has 2 atom stereocenters. The van der Waals surface area contributed by atoms with Gasteiger partial charge < -0.3 is 19.5 Å². The van der Waals surface area contributed by atoms with Gasteiger partial charge >= 0.3 is 11.7 Å². The molecule has 3 rings (SSSR count). The summed E-state index contributed by atoms with van der Waals surface area (Å²) < 4.78 is 1.27. The van der Waals surface area contributed by atoms with E-state index in [1.54, 1.807) is 4.90 Å². The van der Waals surface area contributed by atoms with E-state index in [4.69, 9.17) is 0 Å². The molecule has 0 spiro atoms. The number of hydrogen-bond acceptors (Lipinski definition) is 5. The van der Waals surface area contributed by atoms with E-state index < -0.39 is 22.6 Å². The zero-order valence-corrected chi connectivity index (χ0v) is 15.7. The normalized spacial score (nSPS) is 25.1. The van der Waals surface area contributed by atoms with E-state index in [9.17, 15) is 24.3 Å². The summed E-state index contributed by atoms with van der Waals surface area (Å²) in [6.45, 7) is 7.01. The summed E-state index contributed by atoms with van der Waals surface area (Å²) in [6.07, 6.45) is 1.44. The summed E-state index contributed by atoms with van der Waals surface area (Å²) in [4.78, 5) is 53.3. The zero-order valence-electron chi connectivity index (χ0n) is 15.7. The van der Waals surface area contributed by atoms with Crippen LogP contribution in [0.1, 0.15) is 20.3 Å². The molecule has 0 aliphatic carbocycles. The second-order valence-corrected chi connectivity index (χ2v) is 8.07. The van der Waals surface area contributed by atoms with Gasteiger partial charge in [-0.1, -0.05) is 13.8 Å². The minimum absolute atomic E-state index is 0.0755. The standard InChI is InChI=1S/C18H26N4O5/c1-12(2)7-20-8-13-9-22(11-18(13,10-20)16(25)26)15(24)4-6-21-5-3-14(23)19-17(21)27/h3,5,12-13H,4,6-11H2,1-2H3,(H,25,26)(H,19,23,27)/t13-,18-/m0/s1. The minimum Gasteiger partial charge on any atom is -0.481 e. The summed E-state index contributed by atoms with van der Waals surface area (Å²) in [5.41, 5.74) is -1.94. The summed E-state index contributed by atoms with van der Waals surface area (Å²) in [5, 5.41) is 9.85. The number of likely N-dealkylation sites (tertiary alicyclic amines) is 2. The van der Waals surface area contributed by atoms with Crippen LogP contribution in [0.25, 0.3) is 0 Å². The molecule has 0 radical (unpaired) electrons. The lowest BCUT2D eigenvalue weighted by Gasteiger charge is -2.26. The monoisotopic (exact) mass is 378 g/mol. The number of fused-ring (bicyclic) bond motifs is 1.